The Hall–Kier alpha value is -3.90. The van der Waals surface area contributed by atoms with Crippen LogP contribution in [-0.2, 0) is 17.9 Å². The first kappa shape index (κ1) is 21.9. The molecule has 6 heteroatoms. The fraction of sp³-hybridized carbons (Fsp3) is 0.214. The number of nitrogens with zero attached hydrogens (tertiary/aromatic N) is 2. The molecule has 172 valence electrons. The number of benzene rings is 3. The molecule has 0 fully saturated rings. The van der Waals surface area contributed by atoms with Gasteiger partial charge in [-0.25, -0.2) is 0 Å². The molecule has 1 amide bonds. The summed E-state index contributed by atoms with van der Waals surface area (Å²) in [7, 11) is 0. The van der Waals surface area contributed by atoms with Crippen LogP contribution in [-0.4, -0.2) is 34.1 Å². The highest BCUT2D eigenvalue weighted by molar-refractivity contribution is 5.76. The van der Waals surface area contributed by atoms with Crippen molar-refractivity contribution in [2.45, 2.75) is 25.6 Å². The zero-order chi connectivity index (χ0) is 23.2. The lowest BCUT2D eigenvalue weighted by atomic mass is 10.1. The highest BCUT2D eigenvalue weighted by Crippen LogP contribution is 2.31. The number of hydrogen-bond acceptors (Lipinski definition) is 4. The minimum atomic E-state index is -0.0747. The quantitative estimate of drug-likeness (QED) is 0.426. The standard InChI is InChI=1S/C28H28N4O2/c33-28(29-18-24-17-25(31-30-24)21-9-3-1-4-10-21)15-16-32-19-23-13-7-8-14-26(23)34-27(20-32)22-11-5-2-6-12-22/h1-14,17,27H,15-16,18-20H2,(H,29,33)(H,30,31)/t27-/m1/s1. The molecule has 0 radical (unpaired) electrons. The highest BCUT2D eigenvalue weighted by atomic mass is 16.5. The number of ether oxygens (including phenoxy) is 1. The lowest BCUT2D eigenvalue weighted by Gasteiger charge is -2.24. The molecule has 0 bridgehead atoms. The third-order valence-electron chi connectivity index (χ3n) is 6.06. The minimum Gasteiger partial charge on any atom is -0.484 e. The Labute approximate surface area is 199 Å². The van der Waals surface area contributed by atoms with E-state index >= 15 is 0 Å². The predicted octanol–water partition coefficient (Wildman–Crippen LogP) is 4.72. The van der Waals surface area contributed by atoms with Gasteiger partial charge in [-0.3, -0.25) is 14.8 Å². The topological polar surface area (TPSA) is 70.2 Å². The van der Waals surface area contributed by atoms with Gasteiger partial charge in [0.05, 0.1) is 17.9 Å². The Kier molecular flexibility index (Phi) is 6.68. The van der Waals surface area contributed by atoms with Gasteiger partial charge in [0.2, 0.25) is 5.91 Å². The molecule has 1 aliphatic rings. The van der Waals surface area contributed by atoms with Crippen LogP contribution in [0.25, 0.3) is 11.3 Å². The number of amides is 1. The monoisotopic (exact) mass is 452 g/mol. The second-order valence-electron chi connectivity index (χ2n) is 8.53. The van der Waals surface area contributed by atoms with Gasteiger partial charge in [0.15, 0.2) is 0 Å². The molecule has 0 saturated carbocycles. The van der Waals surface area contributed by atoms with Gasteiger partial charge >= 0.3 is 0 Å². The van der Waals surface area contributed by atoms with E-state index in [2.05, 4.69) is 38.6 Å². The number of para-hydroxylation sites is 1. The predicted molar refractivity (Wildman–Crippen MR) is 132 cm³/mol. The average Bonchev–Trinajstić information content (AvgIpc) is 3.28. The Bertz CT molecular complexity index is 1220. The third kappa shape index (κ3) is 5.35. The van der Waals surface area contributed by atoms with E-state index in [0.29, 0.717) is 19.5 Å². The minimum absolute atomic E-state index is 0.0190. The first-order valence-electron chi connectivity index (χ1n) is 11.6. The van der Waals surface area contributed by atoms with Crippen LogP contribution in [0.4, 0.5) is 0 Å². The molecular weight excluding hydrogens is 424 g/mol. The number of hydrogen-bond donors (Lipinski definition) is 2. The van der Waals surface area contributed by atoms with Crippen molar-refractivity contribution in [2.24, 2.45) is 0 Å². The van der Waals surface area contributed by atoms with E-state index in [1.54, 1.807) is 0 Å². The molecule has 0 spiro atoms. The maximum absolute atomic E-state index is 12.6. The summed E-state index contributed by atoms with van der Waals surface area (Å²) in [6.45, 7) is 2.57. The van der Waals surface area contributed by atoms with E-state index in [1.165, 1.54) is 0 Å². The first-order valence-corrected chi connectivity index (χ1v) is 11.6. The highest BCUT2D eigenvalue weighted by Gasteiger charge is 2.24. The Morgan fingerprint density at radius 2 is 1.74 bits per heavy atom. The molecule has 0 aliphatic carbocycles. The van der Waals surface area contributed by atoms with Gasteiger partial charge in [-0.2, -0.15) is 5.10 Å². The Morgan fingerprint density at radius 1 is 1.00 bits per heavy atom. The number of aromatic amines is 1. The number of aromatic nitrogens is 2. The van der Waals surface area contributed by atoms with Crippen LogP contribution in [0.2, 0.25) is 0 Å². The van der Waals surface area contributed by atoms with Crippen molar-refractivity contribution >= 4 is 5.91 Å². The number of carbonyl (C=O) groups is 1. The molecule has 3 aromatic carbocycles. The number of nitrogens with one attached hydrogen (secondary N) is 2. The summed E-state index contributed by atoms with van der Waals surface area (Å²) in [4.78, 5) is 14.9. The Morgan fingerprint density at radius 3 is 2.56 bits per heavy atom. The summed E-state index contributed by atoms with van der Waals surface area (Å²) < 4.78 is 6.37. The van der Waals surface area contributed by atoms with E-state index in [4.69, 9.17) is 4.74 Å². The van der Waals surface area contributed by atoms with Gasteiger partial charge in [-0.15, -0.1) is 0 Å². The van der Waals surface area contributed by atoms with Crippen molar-refractivity contribution in [1.82, 2.24) is 20.4 Å². The van der Waals surface area contributed by atoms with E-state index in [9.17, 15) is 4.79 Å². The average molecular weight is 453 g/mol. The van der Waals surface area contributed by atoms with Crippen LogP contribution >= 0.6 is 0 Å². The summed E-state index contributed by atoms with van der Waals surface area (Å²) in [6.07, 6.45) is 0.345. The van der Waals surface area contributed by atoms with Crippen LogP contribution < -0.4 is 10.1 Å². The molecule has 6 nitrogen and oxygen atoms in total. The third-order valence-corrected chi connectivity index (χ3v) is 6.06. The molecule has 2 heterocycles. The molecule has 1 aliphatic heterocycles. The summed E-state index contributed by atoms with van der Waals surface area (Å²) in [5, 5.41) is 10.4. The second-order valence-corrected chi connectivity index (χ2v) is 8.53. The van der Waals surface area contributed by atoms with Crippen molar-refractivity contribution in [3.63, 3.8) is 0 Å². The normalized spacial score (nSPS) is 15.7. The largest absolute Gasteiger partial charge is 0.484 e. The van der Waals surface area contributed by atoms with Gasteiger partial charge < -0.3 is 10.1 Å². The van der Waals surface area contributed by atoms with Crippen LogP contribution in [0, 0.1) is 0 Å². The maximum atomic E-state index is 12.6. The van der Waals surface area contributed by atoms with Crippen molar-refractivity contribution in [1.29, 1.82) is 0 Å². The molecule has 2 N–H and O–H groups in total. The zero-order valence-electron chi connectivity index (χ0n) is 19.0. The molecule has 0 saturated heterocycles. The van der Waals surface area contributed by atoms with Gasteiger partial charge in [0.25, 0.3) is 0 Å². The van der Waals surface area contributed by atoms with Crippen molar-refractivity contribution in [2.75, 3.05) is 13.1 Å². The first-order chi connectivity index (χ1) is 16.7. The molecule has 1 aromatic heterocycles. The van der Waals surface area contributed by atoms with Crippen molar-refractivity contribution in [3.05, 3.63) is 108 Å². The molecule has 5 rings (SSSR count). The van der Waals surface area contributed by atoms with Gasteiger partial charge in [-0.05, 0) is 17.7 Å². The fourth-order valence-electron chi connectivity index (χ4n) is 4.24. The summed E-state index contributed by atoms with van der Waals surface area (Å²) in [5.41, 5.74) is 5.09. The lowest BCUT2D eigenvalue weighted by Crippen LogP contribution is -2.33. The summed E-state index contributed by atoms with van der Waals surface area (Å²) >= 11 is 0. The summed E-state index contributed by atoms with van der Waals surface area (Å²) in [5.74, 6) is 0.933. The number of carbonyl (C=O) groups excluding carboxylic acids is 1. The van der Waals surface area contributed by atoms with E-state index < -0.39 is 0 Å². The van der Waals surface area contributed by atoms with Crippen LogP contribution in [0.5, 0.6) is 5.75 Å². The van der Waals surface area contributed by atoms with Crippen LogP contribution in [0.15, 0.2) is 91.0 Å². The van der Waals surface area contributed by atoms with Crippen molar-refractivity contribution in [3.8, 4) is 17.0 Å². The van der Waals surface area contributed by atoms with Crippen LogP contribution in [0.1, 0.15) is 29.3 Å². The van der Waals surface area contributed by atoms with E-state index in [0.717, 1.165) is 46.9 Å². The van der Waals surface area contributed by atoms with Gasteiger partial charge in [0.1, 0.15) is 11.9 Å². The second kappa shape index (κ2) is 10.4. The molecule has 4 aromatic rings. The van der Waals surface area contributed by atoms with Crippen LogP contribution in [0.3, 0.4) is 0 Å². The van der Waals surface area contributed by atoms with Gasteiger partial charge in [0, 0.05) is 37.2 Å². The van der Waals surface area contributed by atoms with Crippen molar-refractivity contribution < 1.29 is 9.53 Å². The zero-order valence-corrected chi connectivity index (χ0v) is 19.0. The molecular formula is C28H28N4O2. The summed E-state index contributed by atoms with van der Waals surface area (Å²) in [6, 6.07) is 30.4. The smallest absolute Gasteiger partial charge is 0.221 e. The van der Waals surface area contributed by atoms with Gasteiger partial charge in [-0.1, -0.05) is 78.9 Å². The fourth-order valence-corrected chi connectivity index (χ4v) is 4.24. The van der Waals surface area contributed by atoms with E-state index in [-0.39, 0.29) is 12.0 Å². The number of rotatable bonds is 7. The molecule has 0 unspecified atom stereocenters. The number of H-pyrrole nitrogens is 1. The molecule has 1 atom stereocenters. The van der Waals surface area contributed by atoms with E-state index in [1.807, 2.05) is 72.8 Å². The Balaban J connectivity index is 1.18. The molecule has 34 heavy (non-hydrogen) atoms. The number of fused-ring (bicyclic) bond motifs is 1. The maximum Gasteiger partial charge on any atom is 0.221 e. The SMILES string of the molecule is O=C(CCN1Cc2ccccc2O[C@@H](c2ccccc2)C1)NCc1cc(-c2ccccc2)n[nH]1. The lowest BCUT2D eigenvalue weighted by molar-refractivity contribution is -0.121.